The number of fused-ring (bicyclic) bond motifs is 2. The van der Waals surface area contributed by atoms with Crippen LogP contribution in [0.5, 0.6) is 0 Å². The van der Waals surface area contributed by atoms with Gasteiger partial charge in [-0.15, -0.1) is 0 Å². The summed E-state index contributed by atoms with van der Waals surface area (Å²) in [6, 6.07) is 5.42. The highest BCUT2D eigenvalue weighted by Crippen LogP contribution is 3.11. The van der Waals surface area contributed by atoms with Gasteiger partial charge in [0.05, 0.1) is 17.1 Å². The molecule has 0 aromatic heterocycles. The number of ether oxygens (including phenoxy) is 1. The molecule has 1 aromatic rings. The SMILES string of the molecule is CCCCCCCCCCOC(=O)C1=C(C)NC(C)=C(P(=O)(P=O)P2(=O)CC(C)(C)C3OP2(=O)O3)C1c1cccc([N+](=O)[O-])c1. The number of carbonyl (C=O) groups is 1. The Morgan fingerprint density at radius 2 is 1.73 bits per heavy atom. The molecule has 3 saturated heterocycles. The molecule has 2 bridgehead atoms. The fourth-order valence-electron chi connectivity index (χ4n) is 6.15. The average Bonchev–Trinajstić information content (AvgIpc) is 2.96. The maximum Gasteiger partial charge on any atom is 0.398 e. The van der Waals surface area contributed by atoms with Crippen LogP contribution in [0.1, 0.15) is 97.5 Å². The quantitative estimate of drug-likeness (QED) is 0.0607. The normalized spacial score (nSPS) is 28.6. The van der Waals surface area contributed by atoms with E-state index in [1.54, 1.807) is 20.8 Å². The molecule has 12 nitrogen and oxygen atoms in total. The van der Waals surface area contributed by atoms with E-state index in [4.69, 9.17) is 13.8 Å². The number of carbonyl (C=O) groups excluding carboxylic acids is 1. The second-order valence-electron chi connectivity index (χ2n) is 12.5. The lowest BCUT2D eigenvalue weighted by atomic mass is 9.86. The minimum Gasteiger partial charge on any atom is -0.462 e. The van der Waals surface area contributed by atoms with Gasteiger partial charge in [-0.3, -0.25) is 32.9 Å². The smallest absolute Gasteiger partial charge is 0.398 e. The Balaban J connectivity index is 1.72. The van der Waals surface area contributed by atoms with Gasteiger partial charge in [0.25, 0.3) is 18.7 Å². The molecule has 5 rings (SSSR count). The van der Waals surface area contributed by atoms with Crippen molar-refractivity contribution in [1.29, 1.82) is 0 Å². The minimum absolute atomic E-state index is 0.0194. The van der Waals surface area contributed by atoms with E-state index in [0.29, 0.717) is 12.1 Å². The first-order chi connectivity index (χ1) is 21.2. The van der Waals surface area contributed by atoms with Crippen LogP contribution in [0, 0.1) is 15.5 Å². The summed E-state index contributed by atoms with van der Waals surface area (Å²) in [5.74, 6) is -2.06. The fraction of sp³-hybridized carbons (Fsp3) is 0.621. The zero-order valence-corrected chi connectivity index (χ0v) is 29.9. The lowest BCUT2D eigenvalue weighted by Crippen LogP contribution is -2.46. The second kappa shape index (κ2) is 14.1. The zero-order chi connectivity index (χ0) is 33.2. The van der Waals surface area contributed by atoms with Crippen LogP contribution in [0.2, 0.25) is 0 Å². The van der Waals surface area contributed by atoms with Crippen LogP contribution in [0.25, 0.3) is 0 Å². The summed E-state index contributed by atoms with van der Waals surface area (Å²) >= 11 is 0. The molecular formula is C29H42N2O10P4. The van der Waals surface area contributed by atoms with Crippen molar-refractivity contribution < 1.29 is 41.8 Å². The van der Waals surface area contributed by atoms with E-state index in [-0.39, 0.29) is 40.6 Å². The number of hydrogen-bond acceptors (Lipinski definition) is 11. The molecular weight excluding hydrogens is 660 g/mol. The van der Waals surface area contributed by atoms with Gasteiger partial charge in [0.1, 0.15) is 0 Å². The number of nitro groups is 1. The Morgan fingerprint density at radius 1 is 1.11 bits per heavy atom. The van der Waals surface area contributed by atoms with Crippen molar-refractivity contribution >= 4 is 40.1 Å². The van der Waals surface area contributed by atoms with Crippen LogP contribution in [0.3, 0.4) is 0 Å². The molecule has 16 heteroatoms. The summed E-state index contributed by atoms with van der Waals surface area (Å²) in [6.07, 6.45) is 7.11. The van der Waals surface area contributed by atoms with Crippen molar-refractivity contribution in [2.75, 3.05) is 12.8 Å². The van der Waals surface area contributed by atoms with Crippen molar-refractivity contribution in [3.8, 4) is 0 Å². The Bertz CT molecular complexity index is 1560. The van der Waals surface area contributed by atoms with Crippen molar-refractivity contribution in [2.45, 2.75) is 98.2 Å². The predicted octanol–water partition coefficient (Wildman–Crippen LogP) is 9.84. The van der Waals surface area contributed by atoms with Gasteiger partial charge in [0.15, 0.2) is 6.29 Å². The molecule has 0 aliphatic carbocycles. The van der Waals surface area contributed by atoms with Gasteiger partial charge in [-0.2, -0.15) is 0 Å². The number of esters is 1. The highest BCUT2D eigenvalue weighted by Gasteiger charge is 2.75. The van der Waals surface area contributed by atoms with Gasteiger partial charge in [0.2, 0.25) is 8.15 Å². The molecule has 1 aromatic carbocycles. The summed E-state index contributed by atoms with van der Waals surface area (Å²) in [5.41, 5.74) is -0.603. The average molecular weight is 703 g/mol. The first kappa shape index (κ1) is 35.9. The first-order valence-corrected chi connectivity index (χ1v) is 23.3. The summed E-state index contributed by atoms with van der Waals surface area (Å²) in [5, 5.41) is 14.6. The van der Waals surface area contributed by atoms with Crippen LogP contribution in [-0.2, 0) is 36.8 Å². The summed E-state index contributed by atoms with van der Waals surface area (Å²) in [6.45, 7) is -0.575. The standard InChI is InChI=1S/C29H42N2O10P4/c1-6-7-8-9-10-11-12-13-17-39-27(32)24-20(2)30-21(3)26(25(24)22-15-14-16-23(18-22)31(33)34)44(37,42-35)43(36)19-29(4,5)28-40-45(43,38)41-28/h14-16,18,25,28,30H,6-13,17,19H2,1-5H3. The minimum atomic E-state index is -4.73. The van der Waals surface area contributed by atoms with E-state index < -0.39 is 57.0 Å². The van der Waals surface area contributed by atoms with Gasteiger partial charge in [-0.05, 0) is 25.8 Å². The van der Waals surface area contributed by atoms with Gasteiger partial charge >= 0.3 is 13.3 Å². The molecule has 3 atom stereocenters. The van der Waals surface area contributed by atoms with Crippen molar-refractivity contribution in [2.24, 2.45) is 5.41 Å². The van der Waals surface area contributed by atoms with Gasteiger partial charge in [-0.25, -0.2) is 4.79 Å². The summed E-state index contributed by atoms with van der Waals surface area (Å²) in [4.78, 5) is 24.9. The van der Waals surface area contributed by atoms with Gasteiger partial charge in [-0.1, -0.05) is 77.8 Å². The highest BCUT2D eigenvalue weighted by molar-refractivity contribution is 8.78. The lowest BCUT2D eigenvalue weighted by Gasteiger charge is -2.53. The molecule has 0 saturated carbocycles. The molecule has 1 N–H and O–H groups in total. The van der Waals surface area contributed by atoms with Crippen LogP contribution >= 0.6 is 28.5 Å². The molecule has 248 valence electrons. The maximum absolute atomic E-state index is 15.1. The molecule has 3 fully saturated rings. The van der Waals surface area contributed by atoms with Crippen LogP contribution in [-0.4, -0.2) is 30.0 Å². The first-order valence-electron chi connectivity index (χ1n) is 15.3. The molecule has 4 aliphatic heterocycles. The molecule has 0 radical (unpaired) electrons. The van der Waals surface area contributed by atoms with E-state index in [9.17, 15) is 28.6 Å². The van der Waals surface area contributed by atoms with E-state index in [2.05, 4.69) is 12.2 Å². The van der Waals surface area contributed by atoms with E-state index in [1.165, 1.54) is 50.5 Å². The van der Waals surface area contributed by atoms with Crippen molar-refractivity contribution in [3.05, 3.63) is 62.2 Å². The number of benzene rings is 1. The Kier molecular flexibility index (Phi) is 11.2. The van der Waals surface area contributed by atoms with Crippen LogP contribution in [0.15, 0.2) is 46.5 Å². The van der Waals surface area contributed by atoms with Crippen LogP contribution in [0.4, 0.5) is 5.69 Å². The maximum atomic E-state index is 15.1. The van der Waals surface area contributed by atoms with E-state index >= 15 is 4.57 Å². The Labute approximate surface area is 265 Å². The third-order valence-corrected chi connectivity index (χ3v) is 30.7. The predicted molar refractivity (Wildman–Crippen MR) is 173 cm³/mol. The summed E-state index contributed by atoms with van der Waals surface area (Å²) < 4.78 is 73.4. The highest BCUT2D eigenvalue weighted by atomic mass is 32.7. The van der Waals surface area contributed by atoms with E-state index in [0.717, 1.165) is 25.7 Å². The number of nitrogens with one attached hydrogen (secondary N) is 1. The Morgan fingerprint density at radius 3 is 2.33 bits per heavy atom. The van der Waals surface area contributed by atoms with Crippen molar-refractivity contribution in [1.82, 2.24) is 5.32 Å². The number of allylic oxidation sites excluding steroid dienone is 3. The third-order valence-electron chi connectivity index (χ3n) is 8.53. The number of hydrogen-bond donors (Lipinski definition) is 1. The molecule has 4 aliphatic rings. The molecule has 45 heavy (non-hydrogen) atoms. The second-order valence-corrected chi connectivity index (χ2v) is 28.4. The number of nitro benzene ring substituents is 1. The number of unbranched alkanes of at least 4 members (excludes halogenated alkanes) is 7. The number of nitrogens with zero attached hydrogens (tertiary/aromatic N) is 1. The molecule has 3 unspecified atom stereocenters. The third kappa shape index (κ3) is 6.75. The van der Waals surface area contributed by atoms with Gasteiger partial charge in [0, 0.05) is 46.3 Å². The number of rotatable bonds is 15. The topological polar surface area (TPSA) is 168 Å². The Hall–Kier alpha value is -1.92. The lowest BCUT2D eigenvalue weighted by molar-refractivity contribution is -0.384. The number of dihydropyridines is 1. The van der Waals surface area contributed by atoms with Gasteiger partial charge < -0.3 is 14.6 Å². The molecule has 4 heterocycles. The summed E-state index contributed by atoms with van der Waals surface area (Å²) in [7, 11) is -5.50. The van der Waals surface area contributed by atoms with Crippen molar-refractivity contribution in [3.63, 3.8) is 0 Å². The zero-order valence-electron chi connectivity index (χ0n) is 26.4. The molecule has 0 spiro atoms. The fourth-order valence-corrected chi connectivity index (χ4v) is 29.2. The largest absolute Gasteiger partial charge is 0.462 e. The molecule has 0 amide bonds. The van der Waals surface area contributed by atoms with E-state index in [1.807, 2.05) is 0 Å². The van der Waals surface area contributed by atoms with Crippen LogP contribution < -0.4 is 5.32 Å². The monoisotopic (exact) mass is 702 g/mol. The number of non-ortho nitro benzene ring substituents is 1.